The van der Waals surface area contributed by atoms with Crippen molar-refractivity contribution in [1.29, 1.82) is 0 Å². The summed E-state index contributed by atoms with van der Waals surface area (Å²) in [5.74, 6) is 0.849. The van der Waals surface area contributed by atoms with Gasteiger partial charge in [-0.25, -0.2) is 0 Å². The first-order valence-electron chi connectivity index (χ1n) is 5.24. The standard InChI is InChI=1S/C12H9FN2O3/c1-2-8-6-11(16)14(7-8)10-5-3-4-9(13)12(10)15(17)18/h1,3-5,8H,6-7H2. The van der Waals surface area contributed by atoms with Gasteiger partial charge in [-0.3, -0.25) is 14.9 Å². The summed E-state index contributed by atoms with van der Waals surface area (Å²) in [5.41, 5.74) is -0.730. The Morgan fingerprint density at radius 2 is 2.28 bits per heavy atom. The quantitative estimate of drug-likeness (QED) is 0.454. The SMILES string of the molecule is C#CC1CC(=O)N(c2cccc(F)c2[N+](=O)[O-])C1. The maximum Gasteiger partial charge on any atom is 0.328 e. The molecule has 0 aliphatic carbocycles. The third-order valence-corrected chi connectivity index (χ3v) is 2.80. The van der Waals surface area contributed by atoms with Crippen LogP contribution < -0.4 is 4.90 Å². The van der Waals surface area contributed by atoms with Gasteiger partial charge in [0.05, 0.1) is 4.92 Å². The number of para-hydroxylation sites is 1. The average molecular weight is 248 g/mol. The second-order valence-electron chi connectivity index (χ2n) is 3.94. The maximum atomic E-state index is 13.4. The highest BCUT2D eigenvalue weighted by Gasteiger charge is 2.34. The van der Waals surface area contributed by atoms with Crippen LogP contribution in [0.3, 0.4) is 0 Å². The predicted octanol–water partition coefficient (Wildman–Crippen LogP) is 1.72. The monoisotopic (exact) mass is 248 g/mol. The van der Waals surface area contributed by atoms with E-state index in [2.05, 4.69) is 5.92 Å². The number of rotatable bonds is 2. The van der Waals surface area contributed by atoms with Crippen LogP contribution in [-0.4, -0.2) is 17.4 Å². The summed E-state index contributed by atoms with van der Waals surface area (Å²) in [6.45, 7) is 0.180. The molecule has 1 aliphatic rings. The fourth-order valence-corrected chi connectivity index (χ4v) is 1.95. The molecule has 0 saturated carbocycles. The molecule has 1 unspecified atom stereocenters. The van der Waals surface area contributed by atoms with Crippen molar-refractivity contribution in [3.05, 3.63) is 34.1 Å². The predicted molar refractivity (Wildman–Crippen MR) is 62.3 cm³/mol. The van der Waals surface area contributed by atoms with Gasteiger partial charge in [0, 0.05) is 18.9 Å². The fourth-order valence-electron chi connectivity index (χ4n) is 1.95. The molecule has 18 heavy (non-hydrogen) atoms. The van der Waals surface area contributed by atoms with E-state index in [0.717, 1.165) is 6.07 Å². The lowest BCUT2D eigenvalue weighted by molar-refractivity contribution is -0.386. The van der Waals surface area contributed by atoms with E-state index in [4.69, 9.17) is 6.42 Å². The van der Waals surface area contributed by atoms with Gasteiger partial charge in [-0.1, -0.05) is 6.07 Å². The van der Waals surface area contributed by atoms with Crippen LogP contribution in [0.5, 0.6) is 0 Å². The molecule has 0 N–H and O–H groups in total. The van der Waals surface area contributed by atoms with Crippen LogP contribution in [0.25, 0.3) is 0 Å². The lowest BCUT2D eigenvalue weighted by Crippen LogP contribution is -2.25. The molecule has 1 atom stereocenters. The number of halogens is 1. The van der Waals surface area contributed by atoms with Gasteiger partial charge in [-0.2, -0.15) is 4.39 Å². The number of amides is 1. The van der Waals surface area contributed by atoms with E-state index >= 15 is 0 Å². The zero-order valence-electron chi connectivity index (χ0n) is 9.30. The van der Waals surface area contributed by atoms with E-state index in [1.165, 1.54) is 17.0 Å². The molecule has 1 heterocycles. The summed E-state index contributed by atoms with van der Waals surface area (Å²) in [6, 6.07) is 3.66. The van der Waals surface area contributed by atoms with Crippen molar-refractivity contribution in [2.24, 2.45) is 5.92 Å². The second kappa shape index (κ2) is 4.45. The zero-order chi connectivity index (χ0) is 13.3. The van der Waals surface area contributed by atoms with Gasteiger partial charge >= 0.3 is 5.69 Å². The van der Waals surface area contributed by atoms with Crippen molar-refractivity contribution in [2.45, 2.75) is 6.42 Å². The molecule has 0 bridgehead atoms. The summed E-state index contributed by atoms with van der Waals surface area (Å²) < 4.78 is 13.4. The van der Waals surface area contributed by atoms with Gasteiger partial charge in [0.1, 0.15) is 5.69 Å². The second-order valence-corrected chi connectivity index (χ2v) is 3.94. The van der Waals surface area contributed by atoms with Crippen LogP contribution in [0.4, 0.5) is 15.8 Å². The number of anilines is 1. The normalized spacial score (nSPS) is 18.8. The molecule has 0 aromatic heterocycles. The number of nitro groups is 1. The summed E-state index contributed by atoms with van der Waals surface area (Å²) in [6.07, 6.45) is 5.36. The van der Waals surface area contributed by atoms with Crippen LogP contribution >= 0.6 is 0 Å². The Hall–Kier alpha value is -2.42. The Morgan fingerprint density at radius 1 is 1.56 bits per heavy atom. The van der Waals surface area contributed by atoms with E-state index in [1.807, 2.05) is 0 Å². The Balaban J connectivity index is 2.47. The van der Waals surface area contributed by atoms with Gasteiger partial charge in [0.25, 0.3) is 0 Å². The number of hydrogen-bond acceptors (Lipinski definition) is 3. The number of nitro benzene ring substituents is 1. The molecule has 0 spiro atoms. The minimum atomic E-state index is -0.963. The van der Waals surface area contributed by atoms with Crippen molar-refractivity contribution < 1.29 is 14.1 Å². The molecule has 1 aromatic rings. The molecule has 1 aliphatic heterocycles. The first kappa shape index (κ1) is 12.0. The average Bonchev–Trinajstić information content (AvgIpc) is 2.69. The smallest absolute Gasteiger partial charge is 0.305 e. The minimum Gasteiger partial charge on any atom is -0.305 e. The Labute approximate surface area is 102 Å². The van der Waals surface area contributed by atoms with Crippen molar-refractivity contribution in [3.63, 3.8) is 0 Å². The molecule has 0 radical (unpaired) electrons. The lowest BCUT2D eigenvalue weighted by Gasteiger charge is -2.15. The van der Waals surface area contributed by atoms with Crippen LogP contribution in [0.15, 0.2) is 18.2 Å². The van der Waals surface area contributed by atoms with E-state index in [9.17, 15) is 19.3 Å². The summed E-state index contributed by atoms with van der Waals surface area (Å²) >= 11 is 0. The molecule has 2 rings (SSSR count). The highest BCUT2D eigenvalue weighted by molar-refractivity contribution is 5.98. The Morgan fingerprint density at radius 3 is 2.83 bits per heavy atom. The molecule has 1 saturated heterocycles. The molecular weight excluding hydrogens is 239 g/mol. The first-order chi connectivity index (χ1) is 8.54. The molecular formula is C12H9FN2O3. The van der Waals surface area contributed by atoms with Crippen LogP contribution in [0.1, 0.15) is 6.42 Å². The number of hydrogen-bond donors (Lipinski definition) is 0. The van der Waals surface area contributed by atoms with Crippen LogP contribution in [-0.2, 0) is 4.79 Å². The van der Waals surface area contributed by atoms with Crippen molar-refractivity contribution >= 4 is 17.3 Å². The molecule has 92 valence electrons. The topological polar surface area (TPSA) is 63.5 Å². The number of terminal acetylenes is 1. The third-order valence-electron chi connectivity index (χ3n) is 2.80. The molecule has 1 aromatic carbocycles. The Bertz CT molecular complexity index is 565. The van der Waals surface area contributed by atoms with E-state index in [0.29, 0.717) is 0 Å². The van der Waals surface area contributed by atoms with Crippen molar-refractivity contribution in [1.82, 2.24) is 0 Å². The number of nitrogens with zero attached hydrogens (tertiary/aromatic N) is 2. The minimum absolute atomic E-state index is 0.0391. The molecule has 1 fully saturated rings. The van der Waals surface area contributed by atoms with E-state index in [-0.39, 0.29) is 30.5 Å². The summed E-state index contributed by atoms with van der Waals surface area (Å²) in [7, 11) is 0. The van der Waals surface area contributed by atoms with Crippen molar-refractivity contribution in [3.8, 4) is 12.3 Å². The third kappa shape index (κ3) is 1.91. The first-order valence-corrected chi connectivity index (χ1v) is 5.24. The van der Waals surface area contributed by atoms with Gasteiger partial charge in [-0.15, -0.1) is 12.3 Å². The summed E-state index contributed by atoms with van der Waals surface area (Å²) in [5, 5.41) is 10.8. The maximum absolute atomic E-state index is 13.4. The van der Waals surface area contributed by atoms with Gasteiger partial charge in [-0.05, 0) is 12.1 Å². The van der Waals surface area contributed by atoms with Gasteiger partial charge in [0.2, 0.25) is 11.7 Å². The lowest BCUT2D eigenvalue weighted by atomic mass is 10.1. The van der Waals surface area contributed by atoms with Gasteiger partial charge < -0.3 is 4.90 Å². The van der Waals surface area contributed by atoms with Crippen molar-refractivity contribution in [2.75, 3.05) is 11.4 Å². The largest absolute Gasteiger partial charge is 0.328 e. The van der Waals surface area contributed by atoms with E-state index in [1.54, 1.807) is 0 Å². The molecule has 5 nitrogen and oxygen atoms in total. The summed E-state index contributed by atoms with van der Waals surface area (Å²) in [4.78, 5) is 22.9. The number of benzene rings is 1. The van der Waals surface area contributed by atoms with E-state index < -0.39 is 16.4 Å². The highest BCUT2D eigenvalue weighted by atomic mass is 19.1. The number of carbonyl (C=O) groups is 1. The number of carbonyl (C=O) groups excluding carboxylic acids is 1. The molecule has 1 amide bonds. The Kier molecular flexibility index (Phi) is 2.98. The molecule has 6 heteroatoms. The van der Waals surface area contributed by atoms with Gasteiger partial charge in [0.15, 0.2) is 0 Å². The van der Waals surface area contributed by atoms with Crippen LogP contribution in [0.2, 0.25) is 0 Å². The zero-order valence-corrected chi connectivity index (χ0v) is 9.30. The van der Waals surface area contributed by atoms with Crippen LogP contribution in [0, 0.1) is 34.2 Å². The fraction of sp³-hybridized carbons (Fsp3) is 0.250. The highest BCUT2D eigenvalue weighted by Crippen LogP contribution is 2.34.